The number of fused-ring (bicyclic) bond motifs is 1. The second-order valence-electron chi connectivity index (χ2n) is 6.38. The first-order valence-corrected chi connectivity index (χ1v) is 9.85. The number of thioether (sulfide) groups is 1. The Morgan fingerprint density at radius 1 is 1.12 bits per heavy atom. The maximum absolute atomic E-state index is 12.2. The van der Waals surface area contributed by atoms with Gasteiger partial charge in [-0.3, -0.25) is 10.1 Å². The summed E-state index contributed by atoms with van der Waals surface area (Å²) in [6.45, 7) is 1.95. The summed E-state index contributed by atoms with van der Waals surface area (Å²) in [5, 5.41) is 12.2. The van der Waals surface area contributed by atoms with Crippen LogP contribution in [0.1, 0.15) is 19.3 Å². The number of anilines is 2. The third-order valence-electron chi connectivity index (χ3n) is 4.46. The zero-order valence-corrected chi connectivity index (χ0v) is 15.3. The first-order chi connectivity index (χ1) is 12.8. The van der Waals surface area contributed by atoms with Gasteiger partial charge in [-0.25, -0.2) is 5.10 Å². The Bertz CT molecular complexity index is 904. The summed E-state index contributed by atoms with van der Waals surface area (Å²) in [7, 11) is 0. The summed E-state index contributed by atoms with van der Waals surface area (Å²) in [6, 6.07) is 14.4. The van der Waals surface area contributed by atoms with E-state index >= 15 is 0 Å². The summed E-state index contributed by atoms with van der Waals surface area (Å²) in [5.41, 5.74) is 0. The minimum atomic E-state index is -0.0931. The fourth-order valence-corrected chi connectivity index (χ4v) is 3.86. The normalized spacial score (nSPS) is 14.5. The second-order valence-corrected chi connectivity index (χ2v) is 7.43. The molecule has 1 aliphatic rings. The van der Waals surface area contributed by atoms with Gasteiger partial charge in [-0.15, -0.1) is 16.9 Å². The maximum atomic E-state index is 12.2. The van der Waals surface area contributed by atoms with Crippen LogP contribution < -0.4 is 10.2 Å². The van der Waals surface area contributed by atoms with Crippen molar-refractivity contribution in [3.8, 4) is 0 Å². The van der Waals surface area contributed by atoms with Crippen LogP contribution in [0.5, 0.6) is 0 Å². The molecule has 0 saturated carbocycles. The van der Waals surface area contributed by atoms with E-state index in [9.17, 15) is 4.79 Å². The molecule has 0 spiro atoms. The van der Waals surface area contributed by atoms with Gasteiger partial charge in [-0.2, -0.15) is 4.98 Å². The van der Waals surface area contributed by atoms with Crippen molar-refractivity contribution in [2.24, 2.45) is 0 Å². The van der Waals surface area contributed by atoms with Crippen molar-refractivity contribution in [1.82, 2.24) is 15.2 Å². The number of aromatic nitrogens is 3. The lowest BCUT2D eigenvalue weighted by Gasteiger charge is -2.24. The molecule has 3 aromatic rings. The smallest absolute Gasteiger partial charge is 0.246 e. The quantitative estimate of drug-likeness (QED) is 0.673. The van der Waals surface area contributed by atoms with E-state index in [4.69, 9.17) is 0 Å². The number of amides is 1. The van der Waals surface area contributed by atoms with Crippen LogP contribution >= 0.6 is 11.8 Å². The lowest BCUT2D eigenvalue weighted by molar-refractivity contribution is -0.113. The van der Waals surface area contributed by atoms with Gasteiger partial charge in [0.15, 0.2) is 0 Å². The van der Waals surface area contributed by atoms with Gasteiger partial charge in [0.05, 0.1) is 5.75 Å². The van der Waals surface area contributed by atoms with Crippen LogP contribution in [-0.4, -0.2) is 39.9 Å². The molecule has 1 amide bonds. The molecule has 0 atom stereocenters. The van der Waals surface area contributed by atoms with Crippen molar-refractivity contribution in [3.63, 3.8) is 0 Å². The number of hydrogen-bond donors (Lipinski definition) is 2. The Kier molecular flexibility index (Phi) is 5.06. The molecule has 2 aromatic carbocycles. The molecule has 0 radical (unpaired) electrons. The van der Waals surface area contributed by atoms with E-state index in [2.05, 4.69) is 49.7 Å². The van der Waals surface area contributed by atoms with Gasteiger partial charge >= 0.3 is 0 Å². The zero-order valence-electron chi connectivity index (χ0n) is 14.4. The maximum Gasteiger partial charge on any atom is 0.246 e. The Hall–Kier alpha value is -2.54. The Morgan fingerprint density at radius 3 is 2.77 bits per heavy atom. The third-order valence-corrected chi connectivity index (χ3v) is 5.45. The van der Waals surface area contributed by atoms with Crippen LogP contribution in [0.2, 0.25) is 0 Å². The number of nitrogens with zero attached hydrogens (tertiary/aromatic N) is 3. The number of benzene rings is 2. The molecule has 26 heavy (non-hydrogen) atoms. The van der Waals surface area contributed by atoms with Crippen LogP contribution in [-0.2, 0) is 4.79 Å². The van der Waals surface area contributed by atoms with Gasteiger partial charge < -0.3 is 4.90 Å². The number of H-pyrrole nitrogens is 1. The van der Waals surface area contributed by atoms with Crippen LogP contribution in [0.4, 0.5) is 11.9 Å². The van der Waals surface area contributed by atoms with E-state index in [1.54, 1.807) is 0 Å². The van der Waals surface area contributed by atoms with Gasteiger partial charge in [0.2, 0.25) is 17.8 Å². The SMILES string of the molecule is O=C(CSc1ccc2ccccc2c1)Nc1nc(N2CCCCC2)n[nH]1. The van der Waals surface area contributed by atoms with Crippen molar-refractivity contribution in [1.29, 1.82) is 0 Å². The topological polar surface area (TPSA) is 73.9 Å². The van der Waals surface area contributed by atoms with Gasteiger partial charge in [0.25, 0.3) is 0 Å². The predicted molar refractivity (Wildman–Crippen MR) is 106 cm³/mol. The van der Waals surface area contributed by atoms with Crippen LogP contribution in [0.15, 0.2) is 47.4 Å². The third kappa shape index (κ3) is 3.99. The molecule has 4 rings (SSSR count). The number of piperidine rings is 1. The van der Waals surface area contributed by atoms with E-state index in [1.807, 2.05) is 18.2 Å². The average Bonchev–Trinajstić information content (AvgIpc) is 3.15. The van der Waals surface area contributed by atoms with E-state index in [0.29, 0.717) is 17.6 Å². The first-order valence-electron chi connectivity index (χ1n) is 8.87. The van der Waals surface area contributed by atoms with Gasteiger partial charge in [-0.05, 0) is 42.2 Å². The molecule has 2 N–H and O–H groups in total. The fourth-order valence-electron chi connectivity index (χ4n) is 3.12. The number of hydrogen-bond acceptors (Lipinski definition) is 5. The molecule has 6 nitrogen and oxygen atoms in total. The van der Waals surface area contributed by atoms with Crippen LogP contribution in [0.3, 0.4) is 0 Å². The highest BCUT2D eigenvalue weighted by atomic mass is 32.2. The molecular formula is C19H21N5OS. The molecule has 1 aromatic heterocycles. The Morgan fingerprint density at radius 2 is 1.92 bits per heavy atom. The summed E-state index contributed by atoms with van der Waals surface area (Å²) >= 11 is 1.51. The minimum Gasteiger partial charge on any atom is -0.340 e. The monoisotopic (exact) mass is 367 g/mol. The van der Waals surface area contributed by atoms with Gasteiger partial charge in [0, 0.05) is 18.0 Å². The number of carbonyl (C=O) groups is 1. The molecule has 0 bridgehead atoms. The first kappa shape index (κ1) is 16.9. The van der Waals surface area contributed by atoms with Crippen molar-refractivity contribution in [2.75, 3.05) is 29.1 Å². The van der Waals surface area contributed by atoms with Crippen LogP contribution in [0.25, 0.3) is 10.8 Å². The molecule has 2 heterocycles. The molecule has 1 saturated heterocycles. The molecule has 0 unspecified atom stereocenters. The van der Waals surface area contributed by atoms with E-state index in [0.717, 1.165) is 18.0 Å². The summed E-state index contributed by atoms with van der Waals surface area (Å²) < 4.78 is 0. The Labute approximate surface area is 156 Å². The lowest BCUT2D eigenvalue weighted by Crippen LogP contribution is -2.30. The zero-order chi connectivity index (χ0) is 17.8. The van der Waals surface area contributed by atoms with Gasteiger partial charge in [-0.1, -0.05) is 30.3 Å². The number of aromatic amines is 1. The molecule has 1 aliphatic heterocycles. The van der Waals surface area contributed by atoms with Crippen LogP contribution in [0, 0.1) is 0 Å². The molecule has 7 heteroatoms. The molecule has 134 valence electrons. The summed E-state index contributed by atoms with van der Waals surface area (Å²) in [4.78, 5) is 19.8. The number of rotatable bonds is 5. The van der Waals surface area contributed by atoms with E-state index in [-0.39, 0.29) is 5.91 Å². The van der Waals surface area contributed by atoms with Crippen molar-refractivity contribution < 1.29 is 4.79 Å². The fraction of sp³-hybridized carbons (Fsp3) is 0.316. The van der Waals surface area contributed by atoms with Crippen molar-refractivity contribution in [3.05, 3.63) is 42.5 Å². The van der Waals surface area contributed by atoms with Crippen molar-refractivity contribution >= 4 is 40.3 Å². The number of nitrogens with one attached hydrogen (secondary N) is 2. The van der Waals surface area contributed by atoms with E-state index < -0.39 is 0 Å². The summed E-state index contributed by atoms with van der Waals surface area (Å²) in [6.07, 6.45) is 3.59. The standard InChI is InChI=1S/C19H21N5OS/c25-17(13-26-16-9-8-14-6-2-3-7-15(14)12-16)20-18-21-19(23-22-18)24-10-4-1-5-11-24/h2-3,6-9,12H,1,4-5,10-11,13H2,(H2,20,21,22,23,25). The average molecular weight is 367 g/mol. The molecule has 1 fully saturated rings. The highest BCUT2D eigenvalue weighted by molar-refractivity contribution is 8.00. The Balaban J connectivity index is 1.32. The molecule has 0 aliphatic carbocycles. The number of carbonyl (C=O) groups excluding carboxylic acids is 1. The predicted octanol–water partition coefficient (Wildman–Crippen LogP) is 3.68. The van der Waals surface area contributed by atoms with Gasteiger partial charge in [0.1, 0.15) is 0 Å². The van der Waals surface area contributed by atoms with Crippen molar-refractivity contribution in [2.45, 2.75) is 24.2 Å². The minimum absolute atomic E-state index is 0.0931. The lowest BCUT2D eigenvalue weighted by atomic mass is 10.1. The summed E-state index contributed by atoms with van der Waals surface area (Å²) in [5.74, 6) is 1.32. The molecular weight excluding hydrogens is 346 g/mol. The second kappa shape index (κ2) is 7.78. The highest BCUT2D eigenvalue weighted by Gasteiger charge is 2.16. The highest BCUT2D eigenvalue weighted by Crippen LogP contribution is 2.24. The largest absolute Gasteiger partial charge is 0.340 e. The van der Waals surface area contributed by atoms with E-state index in [1.165, 1.54) is 41.8 Å².